The van der Waals surface area contributed by atoms with Gasteiger partial charge in [0.1, 0.15) is 0 Å². The van der Waals surface area contributed by atoms with E-state index in [4.69, 9.17) is 16.6 Å². The largest absolute Gasteiger partial charge is 0.337 e. The maximum atomic E-state index is 14.5. The number of piperidine rings is 1. The van der Waals surface area contributed by atoms with Crippen molar-refractivity contribution in [3.05, 3.63) is 115 Å². The molecule has 1 saturated heterocycles. The number of nitrogens with zero attached hydrogens (tertiary/aromatic N) is 5. The molecule has 2 aliphatic rings. The lowest BCUT2D eigenvalue weighted by Gasteiger charge is -2.42. The van der Waals surface area contributed by atoms with Gasteiger partial charge in [-0.3, -0.25) is 14.7 Å². The highest BCUT2D eigenvalue weighted by atomic mass is 79.9. The number of halogens is 3. The van der Waals surface area contributed by atoms with Crippen molar-refractivity contribution in [2.45, 2.75) is 57.2 Å². The summed E-state index contributed by atoms with van der Waals surface area (Å²) in [6, 6.07) is 16.5. The number of hydrogen-bond donors (Lipinski definition) is 0. The molecule has 1 aliphatic heterocycles. The van der Waals surface area contributed by atoms with E-state index in [1.807, 2.05) is 43.0 Å². The normalized spacial score (nSPS) is 20.2. The van der Waals surface area contributed by atoms with E-state index in [0.717, 1.165) is 70.4 Å². The Morgan fingerprint density at radius 2 is 1.93 bits per heavy atom. The van der Waals surface area contributed by atoms with Crippen LogP contribution >= 0.6 is 43.5 Å². The van der Waals surface area contributed by atoms with Gasteiger partial charge in [0.25, 0.3) is 0 Å². The number of pyridine rings is 1. The van der Waals surface area contributed by atoms with Crippen LogP contribution in [-0.2, 0) is 30.7 Å². The van der Waals surface area contributed by atoms with Crippen LogP contribution in [0.2, 0.25) is 5.02 Å². The van der Waals surface area contributed by atoms with Gasteiger partial charge in [0.2, 0.25) is 5.91 Å². The lowest BCUT2D eigenvalue weighted by atomic mass is 9.74. The van der Waals surface area contributed by atoms with E-state index in [1.54, 1.807) is 6.20 Å². The molecule has 0 bridgehead atoms. The lowest BCUT2D eigenvalue weighted by Crippen LogP contribution is -2.51. The minimum atomic E-state index is -0.201. The highest BCUT2D eigenvalue weighted by Crippen LogP contribution is 2.47. The van der Waals surface area contributed by atoms with E-state index in [0.29, 0.717) is 13.1 Å². The minimum absolute atomic E-state index is 0.0834. The van der Waals surface area contributed by atoms with Gasteiger partial charge in [-0.25, -0.2) is 4.98 Å². The minimum Gasteiger partial charge on any atom is -0.337 e. The molecule has 1 fully saturated rings. The number of aromatic nitrogens is 3. The van der Waals surface area contributed by atoms with Crippen LogP contribution in [0.15, 0.2) is 82.4 Å². The van der Waals surface area contributed by atoms with Crippen LogP contribution in [-0.4, -0.2) is 56.4 Å². The number of benzene rings is 2. The zero-order valence-corrected chi connectivity index (χ0v) is 28.2. The van der Waals surface area contributed by atoms with Crippen LogP contribution in [0.5, 0.6) is 0 Å². The number of aryl methyl sites for hydroxylation is 3. The van der Waals surface area contributed by atoms with Crippen LogP contribution in [0.4, 0.5) is 0 Å². The van der Waals surface area contributed by atoms with Crippen molar-refractivity contribution >= 4 is 49.4 Å². The number of carbonyl (C=O) groups excluding carboxylic acids is 1. The Balaban J connectivity index is 1.30. The molecular weight excluding hydrogens is 690 g/mol. The average molecular weight is 726 g/mol. The smallest absolute Gasteiger partial charge is 0.240 e. The van der Waals surface area contributed by atoms with Gasteiger partial charge in [0, 0.05) is 58.1 Å². The molecule has 0 spiro atoms. The zero-order valence-electron chi connectivity index (χ0n) is 24.3. The monoisotopic (exact) mass is 723 g/mol. The lowest BCUT2D eigenvalue weighted by molar-refractivity contribution is -0.139. The molecule has 9 heteroatoms. The molecular formula is C34H36Br2ClN5O. The first kappa shape index (κ1) is 30.5. The topological polar surface area (TPSA) is 54.3 Å². The van der Waals surface area contributed by atoms with Crippen LogP contribution in [0.25, 0.3) is 0 Å². The molecule has 2 aromatic carbocycles. The number of rotatable bonds is 8. The highest BCUT2D eigenvalue weighted by Gasteiger charge is 2.41. The van der Waals surface area contributed by atoms with Crippen LogP contribution < -0.4 is 0 Å². The first-order valence-electron chi connectivity index (χ1n) is 15.0. The molecule has 3 heterocycles. The Labute approximate surface area is 275 Å². The van der Waals surface area contributed by atoms with Crippen LogP contribution in [0, 0.1) is 5.92 Å². The summed E-state index contributed by atoms with van der Waals surface area (Å²) in [6.07, 6.45) is 12.0. The number of imidazole rings is 1. The van der Waals surface area contributed by atoms with Gasteiger partial charge in [-0.1, -0.05) is 57.9 Å². The molecule has 6 rings (SSSR count). The van der Waals surface area contributed by atoms with Crippen molar-refractivity contribution in [1.82, 2.24) is 24.3 Å². The second-order valence-corrected chi connectivity index (χ2v) is 14.0. The summed E-state index contributed by atoms with van der Waals surface area (Å²) in [5.74, 6) is 0.547. The average Bonchev–Trinajstić information content (AvgIpc) is 3.46. The molecule has 2 aromatic heterocycles. The molecule has 2 unspecified atom stereocenters. The van der Waals surface area contributed by atoms with Crippen LogP contribution in [0.1, 0.15) is 53.1 Å². The van der Waals surface area contributed by atoms with Crippen molar-refractivity contribution in [3.63, 3.8) is 0 Å². The van der Waals surface area contributed by atoms with Gasteiger partial charge in [-0.05, 0) is 108 Å². The van der Waals surface area contributed by atoms with Crippen molar-refractivity contribution < 1.29 is 4.79 Å². The first-order valence-corrected chi connectivity index (χ1v) is 16.9. The van der Waals surface area contributed by atoms with E-state index in [1.165, 1.54) is 16.7 Å². The summed E-state index contributed by atoms with van der Waals surface area (Å²) in [7, 11) is 2.10. The van der Waals surface area contributed by atoms with Gasteiger partial charge < -0.3 is 9.47 Å². The predicted molar refractivity (Wildman–Crippen MR) is 178 cm³/mol. The molecule has 3 atom stereocenters. The number of amides is 1. The molecule has 1 amide bonds. The maximum Gasteiger partial charge on any atom is 0.240 e. The van der Waals surface area contributed by atoms with Gasteiger partial charge in [0.15, 0.2) is 0 Å². The standard InChI is InChI=1S/C34H36Br2ClN5O/c1-40-14-10-25(32-31-24(17-28(37)19-29(31)36)8-9-26-16-27(35)20-39-33(26)32)18-30(40)34(43)42(21-23-6-3-2-4-7-23)13-5-12-41-15-11-38-22-41/h2-4,6-7,11,15-17,19-20,22,25,30,32H,5,8-10,12-14,18,21H2,1H3/t25?,30?,32-/m1/s1. The SMILES string of the molecule is CN1CCC([C@H]2c3ncc(Br)cc3CCc3cc(Cl)cc(Br)c32)CC1C(=O)N(CCCn1ccnc1)Cc1ccccc1. The fraction of sp³-hybridized carbons (Fsp3) is 0.382. The second-order valence-electron chi connectivity index (χ2n) is 11.8. The molecule has 1 aliphatic carbocycles. The first-order chi connectivity index (χ1) is 20.9. The number of likely N-dealkylation sites (N-methyl/N-ethyl adjacent to an activating group) is 1. The number of carbonyl (C=O) groups is 1. The van der Waals surface area contributed by atoms with Crippen molar-refractivity contribution in [3.8, 4) is 0 Å². The molecule has 0 saturated carbocycles. The summed E-state index contributed by atoms with van der Waals surface area (Å²) in [5, 5.41) is 0.744. The van der Waals surface area contributed by atoms with E-state index < -0.39 is 0 Å². The molecule has 224 valence electrons. The van der Waals surface area contributed by atoms with E-state index >= 15 is 0 Å². The Kier molecular flexibility index (Phi) is 9.67. The van der Waals surface area contributed by atoms with Crippen molar-refractivity contribution in [2.75, 3.05) is 20.1 Å². The predicted octanol–water partition coefficient (Wildman–Crippen LogP) is 7.52. The van der Waals surface area contributed by atoms with E-state index in [-0.39, 0.29) is 23.8 Å². The quantitative estimate of drug-likeness (QED) is 0.189. The third-order valence-corrected chi connectivity index (χ3v) is 10.3. The summed E-state index contributed by atoms with van der Waals surface area (Å²) < 4.78 is 4.10. The summed E-state index contributed by atoms with van der Waals surface area (Å²) in [4.78, 5) is 28.0. The summed E-state index contributed by atoms with van der Waals surface area (Å²) in [6.45, 7) is 2.98. The fourth-order valence-corrected chi connectivity index (χ4v) is 8.38. The Bertz CT molecular complexity index is 1560. The number of likely N-dealkylation sites (tertiary alicyclic amines) is 1. The van der Waals surface area contributed by atoms with E-state index in [2.05, 4.69) is 82.5 Å². The van der Waals surface area contributed by atoms with Gasteiger partial charge >= 0.3 is 0 Å². The maximum absolute atomic E-state index is 14.5. The summed E-state index contributed by atoms with van der Waals surface area (Å²) >= 11 is 14.1. The van der Waals surface area contributed by atoms with Gasteiger partial charge in [0.05, 0.1) is 18.1 Å². The van der Waals surface area contributed by atoms with Crippen molar-refractivity contribution in [2.24, 2.45) is 5.92 Å². The molecule has 0 N–H and O–H groups in total. The molecule has 43 heavy (non-hydrogen) atoms. The summed E-state index contributed by atoms with van der Waals surface area (Å²) in [5.41, 5.74) is 6.10. The molecule has 4 aromatic rings. The van der Waals surface area contributed by atoms with Gasteiger partial charge in [-0.15, -0.1) is 0 Å². The van der Waals surface area contributed by atoms with E-state index in [9.17, 15) is 4.79 Å². The molecule has 0 radical (unpaired) electrons. The highest BCUT2D eigenvalue weighted by molar-refractivity contribution is 9.10. The third kappa shape index (κ3) is 6.93. The second kappa shape index (κ2) is 13.6. The molecule has 6 nitrogen and oxygen atoms in total. The van der Waals surface area contributed by atoms with Crippen molar-refractivity contribution in [1.29, 1.82) is 0 Å². The third-order valence-electron chi connectivity index (χ3n) is 9.02. The zero-order chi connectivity index (χ0) is 29.9. The number of fused-ring (bicyclic) bond motifs is 2. The fourth-order valence-electron chi connectivity index (χ4n) is 6.88. The Morgan fingerprint density at radius 3 is 2.72 bits per heavy atom. The van der Waals surface area contributed by atoms with Crippen LogP contribution in [0.3, 0.4) is 0 Å². The van der Waals surface area contributed by atoms with Gasteiger partial charge in [-0.2, -0.15) is 0 Å². The number of hydrogen-bond acceptors (Lipinski definition) is 4. The Hall–Kier alpha value is -2.52. The Morgan fingerprint density at radius 1 is 1.12 bits per heavy atom.